The van der Waals surface area contributed by atoms with Gasteiger partial charge in [0.1, 0.15) is 18.1 Å². The molecule has 0 spiro atoms. The quantitative estimate of drug-likeness (QED) is 0.0438. The highest BCUT2D eigenvalue weighted by Gasteiger charge is 2.29. The van der Waals surface area contributed by atoms with Gasteiger partial charge in [-0.15, -0.1) is 0 Å². The van der Waals surface area contributed by atoms with Gasteiger partial charge in [-0.25, -0.2) is 4.79 Å². The monoisotopic (exact) mass is 529 g/mol. The van der Waals surface area contributed by atoms with E-state index in [2.05, 4.69) is 25.9 Å². The number of hydrogen-bond donors (Lipinski definition) is 10. The Kier molecular flexibility index (Phi) is 16.7. The third-order valence-electron chi connectivity index (χ3n) is 5.13. The molecule has 0 aliphatic heterocycles. The van der Waals surface area contributed by atoms with Crippen molar-refractivity contribution >= 4 is 35.6 Å². The molecule has 0 aliphatic carbocycles. The first kappa shape index (κ1) is 33.3. The van der Waals surface area contributed by atoms with Crippen molar-refractivity contribution < 1.29 is 24.3 Å². The van der Waals surface area contributed by atoms with Crippen molar-refractivity contribution in [2.24, 2.45) is 44.4 Å². The number of aliphatic carboxylic acids is 1. The lowest BCUT2D eigenvalue weighted by molar-refractivity contribution is -0.142. The second-order valence-electron chi connectivity index (χ2n) is 8.49. The van der Waals surface area contributed by atoms with Crippen LogP contribution in [0.25, 0.3) is 0 Å². The Morgan fingerprint density at radius 1 is 0.703 bits per heavy atom. The van der Waals surface area contributed by atoms with E-state index < -0.39 is 47.9 Å². The number of aliphatic imine (C=N–C) groups is 2. The van der Waals surface area contributed by atoms with Crippen molar-refractivity contribution in [1.82, 2.24) is 16.0 Å². The first-order valence-electron chi connectivity index (χ1n) is 12.1. The van der Waals surface area contributed by atoms with Gasteiger partial charge in [0.25, 0.3) is 0 Å². The highest BCUT2D eigenvalue weighted by Crippen LogP contribution is 2.06. The summed E-state index contributed by atoms with van der Waals surface area (Å²) in [4.78, 5) is 57.5. The number of carboxylic acids is 1. The first-order valence-corrected chi connectivity index (χ1v) is 12.1. The van der Waals surface area contributed by atoms with E-state index in [0.29, 0.717) is 32.2 Å². The number of carbonyl (C=O) groups is 4. The molecule has 0 aromatic rings. The highest BCUT2D eigenvalue weighted by atomic mass is 16.4. The zero-order valence-corrected chi connectivity index (χ0v) is 21.3. The molecule has 37 heavy (non-hydrogen) atoms. The Morgan fingerprint density at radius 3 is 1.51 bits per heavy atom. The van der Waals surface area contributed by atoms with Crippen molar-refractivity contribution in [1.29, 1.82) is 0 Å². The summed E-state index contributed by atoms with van der Waals surface area (Å²) in [5.41, 5.74) is 32.3. The van der Waals surface area contributed by atoms with Gasteiger partial charge in [-0.2, -0.15) is 0 Å². The number of nitrogens with two attached hydrogens (primary N) is 6. The maximum Gasteiger partial charge on any atom is 0.326 e. The van der Waals surface area contributed by atoms with Crippen LogP contribution in [0, 0.1) is 0 Å². The third-order valence-corrected chi connectivity index (χ3v) is 5.13. The van der Waals surface area contributed by atoms with E-state index in [0.717, 1.165) is 0 Å². The SMILES string of the molecule is CC(N)C(=O)NC(CCCCN)C(=O)NC(CCCN=C(N)N)C(=O)NC(CCCN=C(N)N)C(=O)O. The van der Waals surface area contributed by atoms with Crippen LogP contribution in [0.3, 0.4) is 0 Å². The first-order chi connectivity index (χ1) is 17.4. The molecule has 0 aromatic heterocycles. The summed E-state index contributed by atoms with van der Waals surface area (Å²) in [5, 5.41) is 17.1. The van der Waals surface area contributed by atoms with Gasteiger partial charge in [0.2, 0.25) is 17.7 Å². The maximum atomic E-state index is 13.0. The number of nitrogens with one attached hydrogen (secondary N) is 3. The molecule has 16 N–H and O–H groups in total. The largest absolute Gasteiger partial charge is 0.480 e. The predicted molar refractivity (Wildman–Crippen MR) is 140 cm³/mol. The molecule has 0 heterocycles. The minimum absolute atomic E-state index is 0.0542. The molecule has 0 aliphatic rings. The molecular weight excluding hydrogens is 486 g/mol. The Hall–Kier alpha value is -3.66. The van der Waals surface area contributed by atoms with Crippen molar-refractivity contribution in [3.05, 3.63) is 0 Å². The van der Waals surface area contributed by atoms with Crippen LogP contribution in [0.2, 0.25) is 0 Å². The van der Waals surface area contributed by atoms with Gasteiger partial charge in [0, 0.05) is 13.1 Å². The Balaban J connectivity index is 5.54. The molecule has 0 bridgehead atoms. The number of nitrogens with zero attached hydrogens (tertiary/aromatic N) is 2. The van der Waals surface area contributed by atoms with Gasteiger partial charge in [0.05, 0.1) is 6.04 Å². The van der Waals surface area contributed by atoms with Gasteiger partial charge in [-0.1, -0.05) is 0 Å². The third kappa shape index (κ3) is 15.8. The summed E-state index contributed by atoms with van der Waals surface area (Å²) in [5.74, 6) is -3.38. The second-order valence-corrected chi connectivity index (χ2v) is 8.49. The predicted octanol–water partition coefficient (Wildman–Crippen LogP) is -3.89. The van der Waals surface area contributed by atoms with Crippen LogP contribution in [0.4, 0.5) is 0 Å². The molecule has 16 nitrogen and oxygen atoms in total. The molecule has 212 valence electrons. The topological polar surface area (TPSA) is 305 Å². The standard InChI is InChI=1S/C21H43N11O5/c1-12(23)16(33)30-13(6-2-3-9-22)17(34)31-14(7-4-10-28-20(24)25)18(35)32-15(19(36)37)8-5-11-29-21(26)27/h12-15H,2-11,22-23H2,1H3,(H,30,33)(H,31,34)(H,32,35)(H,36,37)(H4,24,25,28)(H4,26,27,29). The average molecular weight is 530 g/mol. The van der Waals surface area contributed by atoms with Crippen LogP contribution < -0.4 is 50.4 Å². The fourth-order valence-corrected chi connectivity index (χ4v) is 3.14. The highest BCUT2D eigenvalue weighted by molar-refractivity contribution is 5.94. The Morgan fingerprint density at radius 2 is 1.11 bits per heavy atom. The summed E-state index contributed by atoms with van der Waals surface area (Å²) in [6.45, 7) is 2.25. The minimum Gasteiger partial charge on any atom is -0.480 e. The molecule has 0 saturated carbocycles. The fourth-order valence-electron chi connectivity index (χ4n) is 3.14. The van der Waals surface area contributed by atoms with Crippen LogP contribution in [-0.4, -0.2) is 84.5 Å². The van der Waals surface area contributed by atoms with Crippen LogP contribution in [0.1, 0.15) is 51.9 Å². The molecule has 4 unspecified atom stereocenters. The Labute approximate surface area is 216 Å². The summed E-state index contributed by atoms with van der Waals surface area (Å²) >= 11 is 0. The number of guanidine groups is 2. The van der Waals surface area contributed by atoms with Crippen LogP contribution in [0.15, 0.2) is 9.98 Å². The van der Waals surface area contributed by atoms with Gasteiger partial charge < -0.3 is 55.5 Å². The number of amides is 3. The normalized spacial score (nSPS) is 13.8. The molecule has 0 aromatic carbocycles. The molecule has 0 radical (unpaired) electrons. The molecule has 4 atom stereocenters. The zero-order chi connectivity index (χ0) is 28.4. The molecule has 0 rings (SSSR count). The lowest BCUT2D eigenvalue weighted by atomic mass is 10.0. The number of carboxylic acid groups (broad SMARTS) is 1. The summed E-state index contributed by atoms with van der Waals surface area (Å²) < 4.78 is 0. The smallest absolute Gasteiger partial charge is 0.326 e. The molecule has 3 amide bonds. The average Bonchev–Trinajstić information content (AvgIpc) is 2.81. The molecule has 16 heteroatoms. The van der Waals surface area contributed by atoms with Crippen molar-refractivity contribution in [2.45, 2.75) is 76.0 Å². The van der Waals surface area contributed by atoms with E-state index in [4.69, 9.17) is 34.4 Å². The van der Waals surface area contributed by atoms with Crippen LogP contribution in [-0.2, 0) is 19.2 Å². The van der Waals surface area contributed by atoms with E-state index in [1.54, 1.807) is 0 Å². The number of carbonyl (C=O) groups excluding carboxylic acids is 3. The maximum absolute atomic E-state index is 13.0. The van der Waals surface area contributed by atoms with E-state index in [1.807, 2.05) is 0 Å². The second kappa shape index (κ2) is 18.6. The molecule has 0 fully saturated rings. The summed E-state index contributed by atoms with van der Waals surface area (Å²) in [6, 6.07) is -4.17. The number of hydrogen-bond acceptors (Lipinski definition) is 8. The fraction of sp³-hybridized carbons (Fsp3) is 0.714. The van der Waals surface area contributed by atoms with Gasteiger partial charge >= 0.3 is 5.97 Å². The zero-order valence-electron chi connectivity index (χ0n) is 21.3. The number of unbranched alkanes of at least 4 members (excludes halogenated alkanes) is 1. The van der Waals surface area contributed by atoms with E-state index in [1.165, 1.54) is 6.92 Å². The lowest BCUT2D eigenvalue weighted by Gasteiger charge is -2.25. The number of rotatable bonds is 19. The molecular formula is C21H43N11O5. The van der Waals surface area contributed by atoms with E-state index in [-0.39, 0.29) is 44.3 Å². The lowest BCUT2D eigenvalue weighted by Crippen LogP contribution is -2.56. The van der Waals surface area contributed by atoms with Crippen molar-refractivity contribution in [3.8, 4) is 0 Å². The van der Waals surface area contributed by atoms with E-state index in [9.17, 15) is 24.3 Å². The van der Waals surface area contributed by atoms with Gasteiger partial charge in [-0.05, 0) is 58.4 Å². The molecule has 0 saturated heterocycles. The van der Waals surface area contributed by atoms with Crippen molar-refractivity contribution in [2.75, 3.05) is 19.6 Å². The minimum atomic E-state index is -1.26. The van der Waals surface area contributed by atoms with E-state index >= 15 is 0 Å². The van der Waals surface area contributed by atoms with Gasteiger partial charge in [-0.3, -0.25) is 24.4 Å². The van der Waals surface area contributed by atoms with Gasteiger partial charge in [0.15, 0.2) is 11.9 Å². The Bertz CT molecular complexity index is 796. The van der Waals surface area contributed by atoms with Crippen LogP contribution >= 0.6 is 0 Å². The van der Waals surface area contributed by atoms with Crippen LogP contribution in [0.5, 0.6) is 0 Å². The summed E-state index contributed by atoms with van der Waals surface area (Å²) in [6.07, 6.45) is 2.20. The summed E-state index contributed by atoms with van der Waals surface area (Å²) in [7, 11) is 0. The van der Waals surface area contributed by atoms with Crippen molar-refractivity contribution in [3.63, 3.8) is 0 Å².